The van der Waals surface area contributed by atoms with Gasteiger partial charge < -0.3 is 15.7 Å². The van der Waals surface area contributed by atoms with Crippen molar-refractivity contribution in [3.05, 3.63) is 28.8 Å². The molecule has 0 aliphatic heterocycles. The van der Waals surface area contributed by atoms with Crippen molar-refractivity contribution in [3.8, 4) is 0 Å². The SMILES string of the molecule is CC(C)(C)NCC(=O)Nc1ccc(Cl)cc1C(=O)O. The number of anilines is 1. The van der Waals surface area contributed by atoms with E-state index < -0.39 is 5.97 Å². The van der Waals surface area contributed by atoms with Crippen LogP contribution in [-0.4, -0.2) is 29.1 Å². The van der Waals surface area contributed by atoms with E-state index in [4.69, 9.17) is 16.7 Å². The van der Waals surface area contributed by atoms with E-state index in [2.05, 4.69) is 10.6 Å². The van der Waals surface area contributed by atoms with Crippen molar-refractivity contribution in [2.45, 2.75) is 26.3 Å². The minimum absolute atomic E-state index is 0.0309. The van der Waals surface area contributed by atoms with Crippen LogP contribution in [0.3, 0.4) is 0 Å². The van der Waals surface area contributed by atoms with E-state index in [1.165, 1.54) is 18.2 Å². The fourth-order valence-electron chi connectivity index (χ4n) is 1.34. The summed E-state index contributed by atoms with van der Waals surface area (Å²) in [4.78, 5) is 22.8. The number of hydrogen-bond acceptors (Lipinski definition) is 3. The second-order valence-corrected chi connectivity index (χ2v) is 5.58. The Morgan fingerprint density at radius 3 is 2.47 bits per heavy atom. The minimum atomic E-state index is -1.14. The van der Waals surface area contributed by atoms with Gasteiger partial charge in [-0.25, -0.2) is 4.79 Å². The number of carboxylic acids is 1. The molecular formula is C13H17ClN2O3. The Labute approximate surface area is 117 Å². The first kappa shape index (κ1) is 15.5. The zero-order chi connectivity index (χ0) is 14.6. The highest BCUT2D eigenvalue weighted by molar-refractivity contribution is 6.31. The number of carbonyl (C=O) groups excluding carboxylic acids is 1. The lowest BCUT2D eigenvalue weighted by atomic mass is 10.1. The smallest absolute Gasteiger partial charge is 0.337 e. The summed E-state index contributed by atoms with van der Waals surface area (Å²) in [6.07, 6.45) is 0. The number of rotatable bonds is 4. The summed E-state index contributed by atoms with van der Waals surface area (Å²) in [5.74, 6) is -1.44. The molecule has 0 atom stereocenters. The summed E-state index contributed by atoms with van der Waals surface area (Å²) in [5, 5.41) is 14.9. The third kappa shape index (κ3) is 5.28. The molecule has 19 heavy (non-hydrogen) atoms. The quantitative estimate of drug-likeness (QED) is 0.793. The van der Waals surface area contributed by atoms with Crippen LogP contribution in [0.2, 0.25) is 5.02 Å². The van der Waals surface area contributed by atoms with Crippen LogP contribution in [0.5, 0.6) is 0 Å². The number of nitrogens with one attached hydrogen (secondary N) is 2. The molecule has 0 heterocycles. The highest BCUT2D eigenvalue weighted by Gasteiger charge is 2.15. The molecule has 0 radical (unpaired) electrons. The van der Waals surface area contributed by atoms with Crippen LogP contribution in [0.25, 0.3) is 0 Å². The normalized spacial score (nSPS) is 11.2. The monoisotopic (exact) mass is 284 g/mol. The van der Waals surface area contributed by atoms with Gasteiger partial charge in [0.25, 0.3) is 0 Å². The number of halogens is 1. The molecule has 1 aromatic carbocycles. The zero-order valence-electron chi connectivity index (χ0n) is 11.1. The third-order valence-corrected chi connectivity index (χ3v) is 2.50. The lowest BCUT2D eigenvalue weighted by Crippen LogP contribution is -2.41. The Hall–Kier alpha value is -1.59. The Balaban J connectivity index is 2.77. The van der Waals surface area contributed by atoms with E-state index in [0.29, 0.717) is 5.02 Å². The van der Waals surface area contributed by atoms with Gasteiger partial charge in [0.2, 0.25) is 5.91 Å². The van der Waals surface area contributed by atoms with Crippen LogP contribution in [0.1, 0.15) is 31.1 Å². The predicted molar refractivity (Wildman–Crippen MR) is 74.8 cm³/mol. The maximum atomic E-state index is 11.7. The van der Waals surface area contributed by atoms with Crippen LogP contribution in [0, 0.1) is 0 Å². The van der Waals surface area contributed by atoms with E-state index in [9.17, 15) is 9.59 Å². The fourth-order valence-corrected chi connectivity index (χ4v) is 1.51. The second kappa shape index (κ2) is 6.04. The Bertz CT molecular complexity index is 495. The molecule has 1 amide bonds. The number of carboxylic acid groups (broad SMARTS) is 1. The summed E-state index contributed by atoms with van der Waals surface area (Å²) < 4.78 is 0. The van der Waals surface area contributed by atoms with Gasteiger partial charge in [0.05, 0.1) is 17.8 Å². The van der Waals surface area contributed by atoms with Crippen molar-refractivity contribution in [3.63, 3.8) is 0 Å². The molecule has 1 rings (SSSR count). The summed E-state index contributed by atoms with van der Waals surface area (Å²) in [7, 11) is 0. The van der Waals surface area contributed by atoms with Crippen molar-refractivity contribution < 1.29 is 14.7 Å². The number of benzene rings is 1. The number of amides is 1. The van der Waals surface area contributed by atoms with Crippen LogP contribution in [0.4, 0.5) is 5.69 Å². The Morgan fingerprint density at radius 2 is 1.95 bits per heavy atom. The first-order valence-corrected chi connectivity index (χ1v) is 6.14. The van der Waals surface area contributed by atoms with E-state index in [1.807, 2.05) is 20.8 Å². The van der Waals surface area contributed by atoms with Gasteiger partial charge in [-0.2, -0.15) is 0 Å². The van der Waals surface area contributed by atoms with Crippen molar-refractivity contribution >= 4 is 29.2 Å². The molecule has 0 aliphatic carbocycles. The van der Waals surface area contributed by atoms with E-state index in [-0.39, 0.29) is 29.2 Å². The number of aromatic carboxylic acids is 1. The van der Waals surface area contributed by atoms with Crippen molar-refractivity contribution in [1.82, 2.24) is 5.32 Å². The standard InChI is InChI=1S/C13H17ClN2O3/c1-13(2,3)15-7-11(17)16-10-5-4-8(14)6-9(10)12(18)19/h4-6,15H,7H2,1-3H3,(H,16,17)(H,18,19). The van der Waals surface area contributed by atoms with Crippen molar-refractivity contribution in [2.24, 2.45) is 0 Å². The predicted octanol–water partition coefficient (Wildman–Crippen LogP) is 2.36. The van der Waals surface area contributed by atoms with E-state index in [1.54, 1.807) is 0 Å². The summed E-state index contributed by atoms with van der Waals surface area (Å²) in [5.41, 5.74) is 0.0154. The molecule has 0 aromatic heterocycles. The maximum absolute atomic E-state index is 11.7. The largest absolute Gasteiger partial charge is 0.478 e. The van der Waals surface area contributed by atoms with Gasteiger partial charge in [0.15, 0.2) is 0 Å². The molecule has 1 aromatic rings. The Morgan fingerprint density at radius 1 is 1.32 bits per heavy atom. The summed E-state index contributed by atoms with van der Waals surface area (Å²) >= 11 is 5.73. The van der Waals surface area contributed by atoms with E-state index in [0.717, 1.165) is 0 Å². The molecule has 0 fully saturated rings. The Kier molecular flexibility index (Phi) is 4.91. The van der Waals surface area contributed by atoms with Crippen LogP contribution < -0.4 is 10.6 Å². The molecular weight excluding hydrogens is 268 g/mol. The number of carbonyl (C=O) groups is 2. The molecule has 6 heteroatoms. The van der Waals surface area contributed by atoms with Gasteiger partial charge >= 0.3 is 5.97 Å². The molecule has 0 unspecified atom stereocenters. The lowest BCUT2D eigenvalue weighted by Gasteiger charge is -2.20. The maximum Gasteiger partial charge on any atom is 0.337 e. The van der Waals surface area contributed by atoms with Gasteiger partial charge in [-0.05, 0) is 39.0 Å². The average molecular weight is 285 g/mol. The first-order chi connectivity index (χ1) is 8.69. The van der Waals surface area contributed by atoms with E-state index >= 15 is 0 Å². The molecule has 0 aliphatic rings. The molecule has 104 valence electrons. The van der Waals surface area contributed by atoms with Crippen LogP contribution in [0.15, 0.2) is 18.2 Å². The summed E-state index contributed by atoms with van der Waals surface area (Å²) in [6, 6.07) is 4.30. The molecule has 0 spiro atoms. The third-order valence-electron chi connectivity index (χ3n) is 2.27. The van der Waals surface area contributed by atoms with Gasteiger partial charge in [0, 0.05) is 10.6 Å². The van der Waals surface area contributed by atoms with Crippen molar-refractivity contribution in [1.29, 1.82) is 0 Å². The van der Waals surface area contributed by atoms with Gasteiger partial charge in [0.1, 0.15) is 0 Å². The highest BCUT2D eigenvalue weighted by Crippen LogP contribution is 2.20. The van der Waals surface area contributed by atoms with Gasteiger partial charge in [-0.3, -0.25) is 4.79 Å². The molecule has 3 N–H and O–H groups in total. The average Bonchev–Trinajstić information content (AvgIpc) is 2.28. The lowest BCUT2D eigenvalue weighted by molar-refractivity contribution is -0.115. The fraction of sp³-hybridized carbons (Fsp3) is 0.385. The number of hydrogen-bond donors (Lipinski definition) is 3. The van der Waals surface area contributed by atoms with Crippen LogP contribution in [-0.2, 0) is 4.79 Å². The molecule has 5 nitrogen and oxygen atoms in total. The topological polar surface area (TPSA) is 78.4 Å². The highest BCUT2D eigenvalue weighted by atomic mass is 35.5. The second-order valence-electron chi connectivity index (χ2n) is 5.15. The first-order valence-electron chi connectivity index (χ1n) is 5.77. The molecule has 0 saturated carbocycles. The van der Waals surface area contributed by atoms with Gasteiger partial charge in [-0.15, -0.1) is 0 Å². The zero-order valence-corrected chi connectivity index (χ0v) is 11.8. The summed E-state index contributed by atoms with van der Waals surface area (Å²) in [6.45, 7) is 5.91. The minimum Gasteiger partial charge on any atom is -0.478 e. The molecule has 0 bridgehead atoms. The van der Waals surface area contributed by atoms with Crippen molar-refractivity contribution in [2.75, 3.05) is 11.9 Å². The van der Waals surface area contributed by atoms with Crippen LogP contribution >= 0.6 is 11.6 Å². The molecule has 0 saturated heterocycles. The van der Waals surface area contributed by atoms with Gasteiger partial charge in [-0.1, -0.05) is 11.6 Å².